The van der Waals surface area contributed by atoms with Crippen molar-refractivity contribution in [3.8, 4) is 6.07 Å². The van der Waals surface area contributed by atoms with Gasteiger partial charge < -0.3 is 14.2 Å². The summed E-state index contributed by atoms with van der Waals surface area (Å²) in [5.74, 6) is -0.0483. The van der Waals surface area contributed by atoms with E-state index in [9.17, 15) is 0 Å². The average Bonchev–Trinajstić information content (AvgIpc) is 2.92. The molecule has 4 heteroatoms. The van der Waals surface area contributed by atoms with Crippen molar-refractivity contribution < 1.29 is 14.2 Å². The summed E-state index contributed by atoms with van der Waals surface area (Å²) in [5.41, 5.74) is -0.485. The van der Waals surface area contributed by atoms with Crippen LogP contribution in [0.3, 0.4) is 0 Å². The Bertz CT molecular complexity index is 316. The number of hydrogen-bond acceptors (Lipinski definition) is 4. The molecule has 3 rings (SSSR count). The van der Waals surface area contributed by atoms with Crippen LogP contribution < -0.4 is 0 Å². The van der Waals surface area contributed by atoms with E-state index in [1.165, 1.54) is 0 Å². The summed E-state index contributed by atoms with van der Waals surface area (Å²) < 4.78 is 16.6. The van der Waals surface area contributed by atoms with Crippen LogP contribution in [0.4, 0.5) is 0 Å². The maximum absolute atomic E-state index is 8.90. The SMILES string of the molecule is N#C[C@H]1CC2(C3OCCO3)C=CC1O2. The molecule has 2 saturated heterocycles. The predicted molar refractivity (Wildman–Crippen MR) is 46.2 cm³/mol. The lowest BCUT2D eigenvalue weighted by molar-refractivity contribution is -0.164. The van der Waals surface area contributed by atoms with Crippen molar-refractivity contribution >= 4 is 0 Å². The van der Waals surface area contributed by atoms with Crippen LogP contribution in [0, 0.1) is 17.2 Å². The van der Waals surface area contributed by atoms with Crippen LogP contribution in [-0.2, 0) is 14.2 Å². The maximum Gasteiger partial charge on any atom is 0.190 e. The molecule has 0 radical (unpaired) electrons. The largest absolute Gasteiger partial charge is 0.357 e. The maximum atomic E-state index is 8.90. The highest BCUT2D eigenvalue weighted by molar-refractivity contribution is 5.24. The van der Waals surface area contributed by atoms with Crippen molar-refractivity contribution in [3.63, 3.8) is 0 Å². The van der Waals surface area contributed by atoms with Gasteiger partial charge in [-0.25, -0.2) is 0 Å². The van der Waals surface area contributed by atoms with Gasteiger partial charge in [0.2, 0.25) is 0 Å². The van der Waals surface area contributed by atoms with Gasteiger partial charge in [0.15, 0.2) is 6.29 Å². The first kappa shape index (κ1) is 8.42. The van der Waals surface area contributed by atoms with Crippen molar-refractivity contribution in [2.75, 3.05) is 13.2 Å². The molecule has 0 aromatic carbocycles. The predicted octanol–water partition coefficient (Wildman–Crippen LogP) is 0.597. The van der Waals surface area contributed by atoms with Gasteiger partial charge in [-0.15, -0.1) is 0 Å². The molecule has 0 saturated carbocycles. The van der Waals surface area contributed by atoms with Crippen LogP contribution in [0.5, 0.6) is 0 Å². The topological polar surface area (TPSA) is 51.5 Å². The van der Waals surface area contributed by atoms with E-state index in [1.807, 2.05) is 12.2 Å². The highest BCUT2D eigenvalue weighted by atomic mass is 16.7. The van der Waals surface area contributed by atoms with E-state index in [1.54, 1.807) is 0 Å². The lowest BCUT2D eigenvalue weighted by Crippen LogP contribution is -2.39. The summed E-state index contributed by atoms with van der Waals surface area (Å²) in [6, 6.07) is 2.26. The van der Waals surface area contributed by atoms with Crippen molar-refractivity contribution in [1.29, 1.82) is 5.26 Å². The van der Waals surface area contributed by atoms with E-state index in [4.69, 9.17) is 19.5 Å². The molecule has 0 aromatic heterocycles. The highest BCUT2D eigenvalue weighted by Crippen LogP contribution is 2.45. The van der Waals surface area contributed by atoms with Crippen molar-refractivity contribution in [2.45, 2.75) is 24.4 Å². The monoisotopic (exact) mass is 193 g/mol. The summed E-state index contributed by atoms with van der Waals surface area (Å²) in [4.78, 5) is 0. The van der Waals surface area contributed by atoms with Crippen molar-refractivity contribution in [3.05, 3.63) is 12.2 Å². The Morgan fingerprint density at radius 2 is 2.14 bits per heavy atom. The average molecular weight is 193 g/mol. The molecule has 14 heavy (non-hydrogen) atoms. The Morgan fingerprint density at radius 1 is 1.36 bits per heavy atom. The Hall–Kier alpha value is -0.890. The molecule has 0 spiro atoms. The molecular weight excluding hydrogens is 182 g/mol. The van der Waals surface area contributed by atoms with Gasteiger partial charge in [0.05, 0.1) is 31.3 Å². The zero-order chi connectivity index (χ0) is 9.60. The molecule has 2 unspecified atom stereocenters. The second kappa shape index (κ2) is 2.80. The summed E-state index contributed by atoms with van der Waals surface area (Å²) >= 11 is 0. The van der Waals surface area contributed by atoms with E-state index in [0.717, 1.165) is 0 Å². The first-order valence-electron chi connectivity index (χ1n) is 4.84. The smallest absolute Gasteiger partial charge is 0.190 e. The van der Waals surface area contributed by atoms with Gasteiger partial charge in [-0.05, 0) is 6.08 Å². The first-order valence-corrected chi connectivity index (χ1v) is 4.84. The van der Waals surface area contributed by atoms with Crippen molar-refractivity contribution in [2.24, 2.45) is 5.92 Å². The van der Waals surface area contributed by atoms with Crippen molar-refractivity contribution in [1.82, 2.24) is 0 Å². The molecule has 3 atom stereocenters. The fourth-order valence-electron chi connectivity index (χ4n) is 2.37. The lowest BCUT2D eigenvalue weighted by atomic mass is 9.87. The molecule has 3 aliphatic heterocycles. The molecule has 2 fully saturated rings. The summed E-state index contributed by atoms with van der Waals surface area (Å²) in [6.45, 7) is 1.23. The van der Waals surface area contributed by atoms with E-state index >= 15 is 0 Å². The minimum Gasteiger partial charge on any atom is -0.357 e. The summed E-state index contributed by atoms with van der Waals surface area (Å²) in [6.07, 6.45) is 4.24. The third-order valence-electron chi connectivity index (χ3n) is 3.05. The Labute approximate surface area is 82.0 Å². The summed E-state index contributed by atoms with van der Waals surface area (Å²) in [7, 11) is 0. The van der Waals surface area contributed by atoms with E-state index in [0.29, 0.717) is 19.6 Å². The van der Waals surface area contributed by atoms with Gasteiger partial charge in [-0.2, -0.15) is 5.26 Å². The molecular formula is C10H11NO3. The second-order valence-electron chi connectivity index (χ2n) is 3.91. The second-order valence-corrected chi connectivity index (χ2v) is 3.91. The zero-order valence-corrected chi connectivity index (χ0v) is 7.68. The first-order chi connectivity index (χ1) is 6.84. The lowest BCUT2D eigenvalue weighted by Gasteiger charge is -2.27. The molecule has 2 bridgehead atoms. The Kier molecular flexibility index (Phi) is 1.68. The van der Waals surface area contributed by atoms with Crippen LogP contribution in [0.2, 0.25) is 0 Å². The van der Waals surface area contributed by atoms with Gasteiger partial charge in [0, 0.05) is 6.42 Å². The van der Waals surface area contributed by atoms with Gasteiger partial charge in [0.25, 0.3) is 0 Å². The fourth-order valence-corrected chi connectivity index (χ4v) is 2.37. The summed E-state index contributed by atoms with van der Waals surface area (Å²) in [5, 5.41) is 8.90. The number of rotatable bonds is 1. The van der Waals surface area contributed by atoms with Crippen LogP contribution in [0.15, 0.2) is 12.2 Å². The van der Waals surface area contributed by atoms with E-state index < -0.39 is 5.60 Å². The van der Waals surface area contributed by atoms with Gasteiger partial charge in [-0.1, -0.05) is 6.08 Å². The molecule has 3 aliphatic rings. The number of fused-ring (bicyclic) bond motifs is 2. The molecule has 0 aromatic rings. The van der Waals surface area contributed by atoms with Gasteiger partial charge >= 0.3 is 0 Å². The zero-order valence-electron chi connectivity index (χ0n) is 7.68. The third kappa shape index (κ3) is 0.976. The number of nitrogens with zero attached hydrogens (tertiary/aromatic N) is 1. The fraction of sp³-hybridized carbons (Fsp3) is 0.700. The van der Waals surface area contributed by atoms with Crippen LogP contribution in [0.1, 0.15) is 6.42 Å². The molecule has 74 valence electrons. The Balaban J connectivity index is 1.86. The van der Waals surface area contributed by atoms with Crippen LogP contribution >= 0.6 is 0 Å². The molecule has 4 nitrogen and oxygen atoms in total. The van der Waals surface area contributed by atoms with Gasteiger partial charge in [-0.3, -0.25) is 0 Å². The molecule has 0 N–H and O–H groups in total. The van der Waals surface area contributed by atoms with Crippen LogP contribution in [-0.4, -0.2) is 31.2 Å². The molecule has 0 aliphatic carbocycles. The highest BCUT2D eigenvalue weighted by Gasteiger charge is 2.55. The normalized spacial score (nSPS) is 45.9. The standard InChI is InChI=1S/C10H11NO3/c11-6-7-5-10(2-1-8(7)14-10)9-12-3-4-13-9/h1-2,7-9H,3-5H2/t7-,8?,10?/m1/s1. The minimum atomic E-state index is -0.485. The number of nitriles is 1. The van der Waals surface area contributed by atoms with Crippen LogP contribution in [0.25, 0.3) is 0 Å². The molecule has 0 amide bonds. The number of ether oxygens (including phenoxy) is 3. The minimum absolute atomic E-state index is 0.0483. The van der Waals surface area contributed by atoms with Gasteiger partial charge in [0.1, 0.15) is 5.60 Å². The quantitative estimate of drug-likeness (QED) is 0.572. The third-order valence-corrected chi connectivity index (χ3v) is 3.05. The van der Waals surface area contributed by atoms with E-state index in [-0.39, 0.29) is 18.3 Å². The Morgan fingerprint density at radius 3 is 2.79 bits per heavy atom. The number of hydrogen-bond donors (Lipinski definition) is 0. The van der Waals surface area contributed by atoms with E-state index in [2.05, 4.69) is 6.07 Å². The molecule has 3 heterocycles.